The fourth-order valence-electron chi connectivity index (χ4n) is 2.15. The molecule has 9 nitrogen and oxygen atoms in total. The Kier molecular flexibility index (Phi) is 6.83. The molecule has 0 aliphatic rings. The second kappa shape index (κ2) is 8.89. The van der Waals surface area contributed by atoms with Gasteiger partial charge in [-0.1, -0.05) is 11.6 Å². The summed E-state index contributed by atoms with van der Waals surface area (Å²) in [5, 5.41) is 16.5. The van der Waals surface area contributed by atoms with Crippen molar-refractivity contribution >= 4 is 39.3 Å². The molecule has 0 unspecified atom stereocenters. The summed E-state index contributed by atoms with van der Waals surface area (Å²) in [5.41, 5.74) is 0.109. The molecule has 0 atom stereocenters. The standard InChI is InChI=1S/C16H17ClN2O7S/c17-12-8-13(19-9-10-3-1-5-25-10)11(7-14(12)27(18,23)24)16(22)26-6-2-4-15(20)21/h1,3,5,7-8,19H,2,4,6,9H2,(H,20,21)(H2,18,23,24). The highest BCUT2D eigenvalue weighted by molar-refractivity contribution is 7.89. The van der Waals surface area contributed by atoms with Crippen LogP contribution in [0.2, 0.25) is 5.02 Å². The molecule has 11 heteroatoms. The lowest BCUT2D eigenvalue weighted by atomic mass is 10.1. The Morgan fingerprint density at radius 3 is 2.67 bits per heavy atom. The largest absolute Gasteiger partial charge is 0.481 e. The van der Waals surface area contributed by atoms with Gasteiger partial charge in [0.1, 0.15) is 10.7 Å². The van der Waals surface area contributed by atoms with Crippen molar-refractivity contribution in [3.8, 4) is 0 Å². The quantitative estimate of drug-likeness (QED) is 0.416. The van der Waals surface area contributed by atoms with Crippen LogP contribution in [0.1, 0.15) is 29.0 Å². The molecule has 0 aliphatic carbocycles. The highest BCUT2D eigenvalue weighted by Crippen LogP contribution is 2.29. The van der Waals surface area contributed by atoms with Gasteiger partial charge in [0, 0.05) is 6.42 Å². The molecule has 0 spiro atoms. The number of nitrogens with two attached hydrogens (primary N) is 1. The van der Waals surface area contributed by atoms with Gasteiger partial charge in [0.2, 0.25) is 10.0 Å². The van der Waals surface area contributed by atoms with Gasteiger partial charge in [-0.15, -0.1) is 0 Å². The van der Waals surface area contributed by atoms with Crippen LogP contribution in [0.15, 0.2) is 39.8 Å². The first-order valence-electron chi connectivity index (χ1n) is 7.70. The van der Waals surface area contributed by atoms with Gasteiger partial charge in [0.05, 0.1) is 35.7 Å². The minimum atomic E-state index is -4.16. The molecule has 0 aliphatic heterocycles. The summed E-state index contributed by atoms with van der Waals surface area (Å²) in [4.78, 5) is 22.4. The van der Waals surface area contributed by atoms with E-state index in [9.17, 15) is 18.0 Å². The van der Waals surface area contributed by atoms with Crippen LogP contribution in [0.5, 0.6) is 0 Å². The van der Waals surface area contributed by atoms with Crippen molar-refractivity contribution in [1.82, 2.24) is 0 Å². The number of ether oxygens (including phenoxy) is 1. The van der Waals surface area contributed by atoms with Gasteiger partial charge < -0.3 is 19.6 Å². The minimum Gasteiger partial charge on any atom is -0.481 e. The molecular weight excluding hydrogens is 400 g/mol. The van der Waals surface area contributed by atoms with Crippen LogP contribution in [0.3, 0.4) is 0 Å². The Hall–Kier alpha value is -2.56. The zero-order valence-electron chi connectivity index (χ0n) is 14.0. The van der Waals surface area contributed by atoms with Crippen LogP contribution < -0.4 is 10.5 Å². The number of benzene rings is 1. The van der Waals surface area contributed by atoms with Gasteiger partial charge in [-0.25, -0.2) is 18.4 Å². The lowest BCUT2D eigenvalue weighted by Crippen LogP contribution is -2.16. The molecule has 2 rings (SSSR count). The summed E-state index contributed by atoms with van der Waals surface area (Å²) in [6.07, 6.45) is 1.43. The van der Waals surface area contributed by atoms with Crippen LogP contribution in [0.4, 0.5) is 5.69 Å². The molecule has 0 radical (unpaired) electrons. The average Bonchev–Trinajstić information content (AvgIpc) is 3.08. The van der Waals surface area contributed by atoms with Gasteiger partial charge >= 0.3 is 11.9 Å². The van der Waals surface area contributed by atoms with Crippen LogP contribution in [0, 0.1) is 0 Å². The van der Waals surface area contributed by atoms with E-state index < -0.39 is 26.9 Å². The summed E-state index contributed by atoms with van der Waals surface area (Å²) in [5.74, 6) is -1.29. The molecule has 1 heterocycles. The highest BCUT2D eigenvalue weighted by Gasteiger charge is 2.21. The molecular formula is C16H17ClN2O7S. The summed E-state index contributed by atoms with van der Waals surface area (Å²) in [6.45, 7) is 0.0629. The maximum absolute atomic E-state index is 12.4. The summed E-state index contributed by atoms with van der Waals surface area (Å²) in [7, 11) is -4.16. The topological polar surface area (TPSA) is 149 Å². The van der Waals surface area contributed by atoms with Crippen LogP contribution in [0.25, 0.3) is 0 Å². The second-order valence-corrected chi connectivity index (χ2v) is 7.38. The first-order valence-corrected chi connectivity index (χ1v) is 9.62. The number of halogens is 1. The van der Waals surface area contributed by atoms with Gasteiger partial charge in [0.25, 0.3) is 0 Å². The lowest BCUT2D eigenvalue weighted by molar-refractivity contribution is -0.137. The number of primary sulfonamides is 1. The fourth-order valence-corrected chi connectivity index (χ4v) is 3.25. The van der Waals surface area contributed by atoms with E-state index in [0.717, 1.165) is 6.07 Å². The zero-order chi connectivity index (χ0) is 20.0. The molecule has 1 aromatic carbocycles. The summed E-state index contributed by atoms with van der Waals surface area (Å²) in [6, 6.07) is 5.66. The number of carbonyl (C=O) groups is 2. The Balaban J connectivity index is 2.26. The smallest absolute Gasteiger partial charge is 0.340 e. The Labute approximate surface area is 160 Å². The molecule has 0 amide bonds. The molecule has 146 valence electrons. The number of anilines is 1. The molecule has 0 saturated carbocycles. The zero-order valence-corrected chi connectivity index (χ0v) is 15.5. The number of aliphatic carboxylic acids is 1. The van der Waals surface area contributed by atoms with Gasteiger partial charge in [-0.3, -0.25) is 4.79 Å². The Morgan fingerprint density at radius 1 is 1.33 bits per heavy atom. The first kappa shape index (κ1) is 20.7. The third-order valence-electron chi connectivity index (χ3n) is 3.40. The number of carboxylic acids is 1. The number of furan rings is 1. The number of carbonyl (C=O) groups excluding carboxylic acids is 1. The van der Waals surface area contributed by atoms with Gasteiger partial charge in [-0.05, 0) is 30.7 Å². The van der Waals surface area contributed by atoms with Crippen molar-refractivity contribution in [2.75, 3.05) is 11.9 Å². The van der Waals surface area contributed by atoms with E-state index in [4.69, 9.17) is 31.0 Å². The van der Waals surface area contributed by atoms with E-state index in [-0.39, 0.29) is 42.3 Å². The Bertz CT molecular complexity index is 926. The maximum Gasteiger partial charge on any atom is 0.340 e. The van der Waals surface area contributed by atoms with Crippen molar-refractivity contribution in [3.05, 3.63) is 46.9 Å². The van der Waals surface area contributed by atoms with E-state index in [1.54, 1.807) is 12.1 Å². The second-order valence-electron chi connectivity index (χ2n) is 5.44. The van der Waals surface area contributed by atoms with Gasteiger partial charge in [-0.2, -0.15) is 0 Å². The van der Waals surface area contributed by atoms with Crippen LogP contribution >= 0.6 is 11.6 Å². The number of carboxylic acid groups (broad SMARTS) is 1. The first-order chi connectivity index (χ1) is 12.7. The fraction of sp³-hybridized carbons (Fsp3) is 0.250. The maximum atomic E-state index is 12.4. The third-order valence-corrected chi connectivity index (χ3v) is 4.78. The van der Waals surface area contributed by atoms with Crippen LogP contribution in [-0.4, -0.2) is 32.1 Å². The van der Waals surface area contributed by atoms with Gasteiger partial charge in [0.15, 0.2) is 0 Å². The predicted octanol–water partition coefficient (Wildman–Crippen LogP) is 2.21. The highest BCUT2D eigenvalue weighted by atomic mass is 35.5. The monoisotopic (exact) mass is 416 g/mol. The predicted molar refractivity (Wildman–Crippen MR) is 96.0 cm³/mol. The third kappa shape index (κ3) is 5.98. The number of nitrogens with one attached hydrogen (secondary N) is 1. The SMILES string of the molecule is NS(=O)(=O)c1cc(C(=O)OCCCC(=O)O)c(NCc2ccco2)cc1Cl. The number of esters is 1. The lowest BCUT2D eigenvalue weighted by Gasteiger charge is -2.14. The molecule has 1 aromatic heterocycles. The minimum absolute atomic E-state index is 0.106. The summed E-state index contributed by atoms with van der Waals surface area (Å²) >= 11 is 5.97. The average molecular weight is 417 g/mol. The molecule has 4 N–H and O–H groups in total. The molecule has 0 fully saturated rings. The number of hydrogen-bond donors (Lipinski definition) is 3. The van der Waals surface area contributed by atoms with Crippen molar-refractivity contribution in [3.63, 3.8) is 0 Å². The van der Waals surface area contributed by atoms with E-state index in [0.29, 0.717) is 5.76 Å². The normalized spacial score (nSPS) is 11.2. The number of hydrogen-bond acceptors (Lipinski definition) is 7. The molecule has 0 bridgehead atoms. The van der Waals surface area contributed by atoms with Crippen molar-refractivity contribution < 1.29 is 32.3 Å². The molecule has 27 heavy (non-hydrogen) atoms. The van der Waals surface area contributed by atoms with Crippen molar-refractivity contribution in [2.45, 2.75) is 24.3 Å². The number of rotatable bonds is 9. The van der Waals surface area contributed by atoms with E-state index in [1.165, 1.54) is 12.3 Å². The molecule has 2 aromatic rings. The van der Waals surface area contributed by atoms with E-state index in [2.05, 4.69) is 5.32 Å². The van der Waals surface area contributed by atoms with Crippen LogP contribution in [-0.2, 0) is 26.1 Å². The number of sulfonamides is 1. The van der Waals surface area contributed by atoms with Crippen molar-refractivity contribution in [2.24, 2.45) is 5.14 Å². The summed E-state index contributed by atoms with van der Waals surface area (Å²) < 4.78 is 33.5. The van der Waals surface area contributed by atoms with E-state index >= 15 is 0 Å². The van der Waals surface area contributed by atoms with E-state index in [1.807, 2.05) is 0 Å². The Morgan fingerprint density at radius 2 is 2.07 bits per heavy atom. The molecule has 0 saturated heterocycles. The van der Waals surface area contributed by atoms with Crippen molar-refractivity contribution in [1.29, 1.82) is 0 Å².